The van der Waals surface area contributed by atoms with Crippen molar-refractivity contribution in [2.45, 2.75) is 45.7 Å². The second kappa shape index (κ2) is 10.2. The molecule has 0 aliphatic carbocycles. The minimum absolute atomic E-state index is 0.0331. The van der Waals surface area contributed by atoms with E-state index in [1.807, 2.05) is 65.8 Å². The average molecular weight is 483 g/mol. The average Bonchev–Trinajstić information content (AvgIpc) is 3.19. The molecule has 6 heteroatoms. The molecule has 1 saturated heterocycles. The van der Waals surface area contributed by atoms with E-state index in [0.717, 1.165) is 65.7 Å². The van der Waals surface area contributed by atoms with Gasteiger partial charge < -0.3 is 9.80 Å². The molecule has 0 radical (unpaired) electrons. The Balaban J connectivity index is 1.32. The summed E-state index contributed by atoms with van der Waals surface area (Å²) in [5.41, 5.74) is 3.55. The van der Waals surface area contributed by atoms with Gasteiger partial charge in [0.05, 0.1) is 16.7 Å². The molecule has 0 bridgehead atoms. The third-order valence-electron chi connectivity index (χ3n) is 7.38. The van der Waals surface area contributed by atoms with Crippen LogP contribution in [0.2, 0.25) is 0 Å². The number of aromatic nitrogens is 2. The fraction of sp³-hybridized carbons (Fsp3) is 0.333. The topological polar surface area (TPSA) is 50.5 Å². The lowest BCUT2D eigenvalue weighted by Crippen LogP contribution is -2.48. The molecule has 1 amide bonds. The normalized spacial score (nSPS) is 14.9. The van der Waals surface area contributed by atoms with Gasteiger partial charge in [0.15, 0.2) is 0 Å². The number of carbonyl (C=O) groups is 1. The highest BCUT2D eigenvalue weighted by atomic mass is 16.2. The zero-order chi connectivity index (χ0) is 25.2. The highest BCUT2D eigenvalue weighted by molar-refractivity contribution is 6.04. The first kappa shape index (κ1) is 24.1. The molecule has 4 aromatic rings. The van der Waals surface area contributed by atoms with Gasteiger partial charge in [-0.3, -0.25) is 13.9 Å². The molecule has 1 fully saturated rings. The van der Waals surface area contributed by atoms with Crippen LogP contribution in [-0.4, -0.2) is 45.6 Å². The Hall–Kier alpha value is -3.64. The number of piperidine rings is 1. The summed E-state index contributed by atoms with van der Waals surface area (Å²) in [4.78, 5) is 30.7. The van der Waals surface area contributed by atoms with Crippen LogP contribution in [0.15, 0.2) is 78.1 Å². The van der Waals surface area contributed by atoms with E-state index in [9.17, 15) is 9.59 Å². The standard InChI is InChI=1S/C30H34N4O2/c1-4-29(35)34(26-15-9-11-23-10-5-6-12-25(23)26)24-16-18-31(19-17-24)20-21-32-27-13-7-8-14-28(27)33(22(2)3)30(32)36/h5-15,24H,2,4,16-21H2,1,3H3. The SMILES string of the molecule is C=C(C)n1c(=O)n(CCN2CCC(N(C(=O)CC)c3cccc4ccccc34)CC2)c2ccccc21. The van der Waals surface area contributed by atoms with Crippen molar-refractivity contribution in [2.75, 3.05) is 24.5 Å². The van der Waals surface area contributed by atoms with Crippen molar-refractivity contribution in [1.82, 2.24) is 14.0 Å². The lowest BCUT2D eigenvalue weighted by atomic mass is 9.99. The van der Waals surface area contributed by atoms with Gasteiger partial charge in [-0.15, -0.1) is 0 Å². The van der Waals surface area contributed by atoms with E-state index in [1.165, 1.54) is 0 Å². The minimum atomic E-state index is -0.0331. The zero-order valence-electron chi connectivity index (χ0n) is 21.2. The first-order valence-electron chi connectivity index (χ1n) is 12.9. The number of allylic oxidation sites excluding steroid dienone is 1. The van der Waals surface area contributed by atoms with E-state index in [1.54, 1.807) is 4.57 Å². The number of amides is 1. The molecule has 2 heterocycles. The van der Waals surface area contributed by atoms with Crippen LogP contribution in [0.25, 0.3) is 27.5 Å². The van der Waals surface area contributed by atoms with Crippen LogP contribution >= 0.6 is 0 Å². The fourth-order valence-corrected chi connectivity index (χ4v) is 5.56. The van der Waals surface area contributed by atoms with Crippen molar-refractivity contribution >= 4 is 39.1 Å². The molecule has 6 nitrogen and oxygen atoms in total. The van der Waals surface area contributed by atoms with Crippen LogP contribution in [0.1, 0.15) is 33.1 Å². The molecule has 1 aliphatic heterocycles. The number of carbonyl (C=O) groups excluding carboxylic acids is 1. The van der Waals surface area contributed by atoms with Crippen molar-refractivity contribution in [3.63, 3.8) is 0 Å². The van der Waals surface area contributed by atoms with Gasteiger partial charge >= 0.3 is 5.69 Å². The van der Waals surface area contributed by atoms with Crippen LogP contribution in [0, 0.1) is 0 Å². The van der Waals surface area contributed by atoms with Gasteiger partial charge in [-0.25, -0.2) is 4.79 Å². The Morgan fingerprint density at radius 1 is 0.944 bits per heavy atom. The van der Waals surface area contributed by atoms with Gasteiger partial charge in [0.2, 0.25) is 5.91 Å². The van der Waals surface area contributed by atoms with Crippen molar-refractivity contribution in [2.24, 2.45) is 0 Å². The summed E-state index contributed by atoms with van der Waals surface area (Å²) in [6.07, 6.45) is 2.31. The Bertz CT molecular complexity index is 1470. The maximum absolute atomic E-state index is 13.1. The summed E-state index contributed by atoms with van der Waals surface area (Å²) in [5.74, 6) is 0.170. The maximum atomic E-state index is 13.1. The van der Waals surface area contributed by atoms with Crippen LogP contribution in [-0.2, 0) is 11.3 Å². The van der Waals surface area contributed by atoms with E-state index in [-0.39, 0.29) is 17.6 Å². The van der Waals surface area contributed by atoms with Gasteiger partial charge in [0.25, 0.3) is 0 Å². The summed E-state index contributed by atoms with van der Waals surface area (Å²) in [6, 6.07) is 22.6. The molecule has 3 aromatic carbocycles. The summed E-state index contributed by atoms with van der Waals surface area (Å²) in [5, 5.41) is 2.28. The third-order valence-corrected chi connectivity index (χ3v) is 7.38. The Labute approximate surface area is 212 Å². The van der Waals surface area contributed by atoms with Gasteiger partial charge in [-0.1, -0.05) is 62.0 Å². The van der Waals surface area contributed by atoms with Crippen molar-refractivity contribution in [1.29, 1.82) is 0 Å². The Kier molecular flexibility index (Phi) is 6.79. The fourth-order valence-electron chi connectivity index (χ4n) is 5.56. The molecular weight excluding hydrogens is 448 g/mol. The highest BCUT2D eigenvalue weighted by Gasteiger charge is 2.29. The summed E-state index contributed by atoms with van der Waals surface area (Å²) in [6.45, 7) is 11.0. The molecule has 5 rings (SSSR count). The Morgan fingerprint density at radius 2 is 1.61 bits per heavy atom. The van der Waals surface area contributed by atoms with Crippen molar-refractivity contribution < 1.29 is 4.79 Å². The lowest BCUT2D eigenvalue weighted by Gasteiger charge is -2.39. The van der Waals surface area contributed by atoms with Crippen molar-refractivity contribution in [3.8, 4) is 0 Å². The van der Waals surface area contributed by atoms with E-state index < -0.39 is 0 Å². The first-order chi connectivity index (χ1) is 17.5. The monoisotopic (exact) mass is 482 g/mol. The zero-order valence-corrected chi connectivity index (χ0v) is 21.2. The molecule has 0 unspecified atom stereocenters. The summed E-state index contributed by atoms with van der Waals surface area (Å²) < 4.78 is 3.55. The number of hydrogen-bond donors (Lipinski definition) is 0. The first-order valence-corrected chi connectivity index (χ1v) is 12.9. The smallest absolute Gasteiger partial charge is 0.309 e. The number of imidazole rings is 1. The molecule has 0 saturated carbocycles. The van der Waals surface area contributed by atoms with Crippen LogP contribution in [0.4, 0.5) is 5.69 Å². The molecule has 186 valence electrons. The number of benzene rings is 3. The predicted octanol–water partition coefficient (Wildman–Crippen LogP) is 5.35. The highest BCUT2D eigenvalue weighted by Crippen LogP contribution is 2.31. The molecule has 0 atom stereocenters. The lowest BCUT2D eigenvalue weighted by molar-refractivity contribution is -0.119. The van der Waals surface area contributed by atoms with Gasteiger partial charge in [0.1, 0.15) is 0 Å². The molecule has 36 heavy (non-hydrogen) atoms. The number of hydrogen-bond acceptors (Lipinski definition) is 3. The van der Waals surface area contributed by atoms with Crippen molar-refractivity contribution in [3.05, 3.63) is 83.8 Å². The van der Waals surface area contributed by atoms with Crippen LogP contribution in [0.3, 0.4) is 0 Å². The molecule has 1 aromatic heterocycles. The maximum Gasteiger partial charge on any atom is 0.333 e. The largest absolute Gasteiger partial charge is 0.333 e. The van der Waals surface area contributed by atoms with E-state index in [2.05, 4.69) is 35.7 Å². The van der Waals surface area contributed by atoms with E-state index in [0.29, 0.717) is 13.0 Å². The number of fused-ring (bicyclic) bond motifs is 2. The number of nitrogens with zero attached hydrogens (tertiary/aromatic N) is 4. The molecule has 0 spiro atoms. The number of likely N-dealkylation sites (tertiary alicyclic amines) is 1. The van der Waals surface area contributed by atoms with Gasteiger partial charge in [-0.05, 0) is 43.4 Å². The van der Waals surface area contributed by atoms with Crippen LogP contribution in [0.5, 0.6) is 0 Å². The number of anilines is 1. The molecular formula is C30H34N4O2. The summed E-state index contributed by atoms with van der Waals surface area (Å²) in [7, 11) is 0. The second-order valence-electron chi connectivity index (χ2n) is 9.68. The van der Waals surface area contributed by atoms with E-state index >= 15 is 0 Å². The minimum Gasteiger partial charge on any atom is -0.309 e. The second-order valence-corrected chi connectivity index (χ2v) is 9.68. The Morgan fingerprint density at radius 3 is 2.33 bits per heavy atom. The predicted molar refractivity (Wildman–Crippen MR) is 148 cm³/mol. The van der Waals surface area contributed by atoms with E-state index in [4.69, 9.17) is 0 Å². The van der Waals surface area contributed by atoms with Crippen LogP contribution < -0.4 is 10.6 Å². The number of para-hydroxylation sites is 2. The quantitative estimate of drug-likeness (QED) is 0.357. The molecule has 0 N–H and O–H groups in total. The summed E-state index contributed by atoms with van der Waals surface area (Å²) >= 11 is 0. The third kappa shape index (κ3) is 4.37. The number of rotatable bonds is 7. The van der Waals surface area contributed by atoms with Gasteiger partial charge in [0, 0.05) is 49.7 Å². The van der Waals surface area contributed by atoms with Gasteiger partial charge in [-0.2, -0.15) is 0 Å². The molecule has 1 aliphatic rings.